The Morgan fingerprint density at radius 3 is 2.54 bits per heavy atom. The zero-order chi connectivity index (χ0) is 20.3. The lowest BCUT2D eigenvalue weighted by Gasteiger charge is -2.13. The van der Waals surface area contributed by atoms with Crippen molar-refractivity contribution in [3.63, 3.8) is 0 Å². The summed E-state index contributed by atoms with van der Waals surface area (Å²) in [6, 6.07) is 10.1. The quantitative estimate of drug-likeness (QED) is 0.492. The van der Waals surface area contributed by atoms with Crippen molar-refractivity contribution in [2.24, 2.45) is 0 Å². The molecule has 1 aromatic heterocycles. The average Bonchev–Trinajstić information content (AvgIpc) is 3.05. The monoisotopic (exact) mass is 439 g/mol. The van der Waals surface area contributed by atoms with Gasteiger partial charge in [0.15, 0.2) is 11.5 Å². The van der Waals surface area contributed by atoms with Gasteiger partial charge in [-0.05, 0) is 90.7 Å². The number of nitriles is 1. The van der Waals surface area contributed by atoms with Gasteiger partial charge in [0.05, 0.1) is 34.3 Å². The topological polar surface area (TPSA) is 70.9 Å². The first-order chi connectivity index (χ1) is 13.5. The minimum atomic E-state index is 0.449. The van der Waals surface area contributed by atoms with Crippen LogP contribution in [0.25, 0.3) is 22.7 Å². The molecule has 0 spiro atoms. The number of allylic oxidation sites excluding steroid dienone is 1. The second-order valence-electron chi connectivity index (χ2n) is 6.40. The van der Waals surface area contributed by atoms with Gasteiger partial charge in [0.2, 0.25) is 0 Å². The summed E-state index contributed by atoms with van der Waals surface area (Å²) in [6.07, 6.45) is 1.79. The second kappa shape index (κ2) is 8.49. The zero-order valence-corrected chi connectivity index (χ0v) is 18.0. The van der Waals surface area contributed by atoms with E-state index >= 15 is 0 Å². The van der Waals surface area contributed by atoms with Crippen molar-refractivity contribution in [2.45, 2.75) is 27.7 Å². The van der Waals surface area contributed by atoms with Crippen LogP contribution in [0.4, 0.5) is 0 Å². The van der Waals surface area contributed by atoms with Crippen LogP contribution in [-0.2, 0) is 0 Å². The van der Waals surface area contributed by atoms with Crippen LogP contribution < -0.4 is 9.47 Å². The number of ether oxygens (including phenoxy) is 2. The minimum absolute atomic E-state index is 0.449. The maximum atomic E-state index is 9.71. The summed E-state index contributed by atoms with van der Waals surface area (Å²) in [5.41, 5.74) is 5.39. The molecule has 5 nitrogen and oxygen atoms in total. The SMILES string of the molecule is CCOc1cc(/C=C(/C#N)c2nc3cc(C)c(C)cc3[nH]2)cc(Br)c1OCC. The van der Waals surface area contributed by atoms with Gasteiger partial charge >= 0.3 is 0 Å². The molecule has 0 aliphatic rings. The van der Waals surface area contributed by atoms with E-state index in [0.29, 0.717) is 36.1 Å². The Hall–Kier alpha value is -2.78. The fourth-order valence-corrected chi connectivity index (χ4v) is 3.51. The molecule has 6 heteroatoms. The molecule has 144 valence electrons. The van der Waals surface area contributed by atoms with E-state index in [0.717, 1.165) is 21.1 Å². The van der Waals surface area contributed by atoms with Crippen molar-refractivity contribution in [2.75, 3.05) is 13.2 Å². The summed E-state index contributed by atoms with van der Waals surface area (Å²) in [4.78, 5) is 7.85. The number of imidazole rings is 1. The van der Waals surface area contributed by atoms with Crippen LogP contribution in [0.15, 0.2) is 28.7 Å². The summed E-state index contributed by atoms with van der Waals surface area (Å²) in [5.74, 6) is 1.85. The van der Waals surface area contributed by atoms with E-state index < -0.39 is 0 Å². The number of aromatic nitrogens is 2. The Morgan fingerprint density at radius 2 is 1.86 bits per heavy atom. The lowest BCUT2D eigenvalue weighted by Crippen LogP contribution is -1.99. The van der Waals surface area contributed by atoms with Crippen molar-refractivity contribution < 1.29 is 9.47 Å². The maximum Gasteiger partial charge on any atom is 0.175 e. The first kappa shape index (κ1) is 20.0. The number of benzene rings is 2. The summed E-state index contributed by atoms with van der Waals surface area (Å²) in [7, 11) is 0. The smallest absolute Gasteiger partial charge is 0.175 e. The lowest BCUT2D eigenvalue weighted by molar-refractivity contribution is 0.286. The van der Waals surface area contributed by atoms with Gasteiger partial charge in [-0.15, -0.1) is 0 Å². The standard InChI is InChI=1S/C22H22BrN3O2/c1-5-27-20-11-15(10-17(23)21(20)28-6-2)9-16(12-24)22-25-18-7-13(3)14(4)8-19(18)26-22/h7-11H,5-6H2,1-4H3,(H,25,26)/b16-9-. The number of hydrogen-bond donors (Lipinski definition) is 1. The van der Waals surface area contributed by atoms with Crippen LogP contribution in [0.1, 0.15) is 36.4 Å². The molecular formula is C22H22BrN3O2. The molecule has 0 saturated heterocycles. The Balaban J connectivity index is 2.06. The normalized spacial score (nSPS) is 11.5. The molecule has 1 N–H and O–H groups in total. The Labute approximate surface area is 173 Å². The molecule has 3 rings (SSSR count). The van der Waals surface area contributed by atoms with E-state index in [2.05, 4.69) is 51.9 Å². The number of aryl methyl sites for hydroxylation is 2. The molecule has 0 aliphatic heterocycles. The van der Waals surface area contributed by atoms with E-state index in [1.54, 1.807) is 6.08 Å². The molecule has 28 heavy (non-hydrogen) atoms. The highest BCUT2D eigenvalue weighted by atomic mass is 79.9. The van der Waals surface area contributed by atoms with Gasteiger partial charge in [0, 0.05) is 0 Å². The molecule has 0 bridgehead atoms. The van der Waals surface area contributed by atoms with Gasteiger partial charge < -0.3 is 14.5 Å². The highest BCUT2D eigenvalue weighted by Gasteiger charge is 2.13. The summed E-state index contributed by atoms with van der Waals surface area (Å²) in [6.45, 7) is 9.02. The van der Waals surface area contributed by atoms with Gasteiger partial charge in [0.25, 0.3) is 0 Å². The molecule has 1 heterocycles. The third-order valence-corrected chi connectivity index (χ3v) is 4.99. The van der Waals surface area contributed by atoms with Crippen molar-refractivity contribution >= 4 is 38.6 Å². The number of halogens is 1. The van der Waals surface area contributed by atoms with E-state index in [1.807, 2.05) is 32.0 Å². The predicted octanol–water partition coefficient (Wildman–Crippen LogP) is 5.80. The van der Waals surface area contributed by atoms with Gasteiger partial charge in [0.1, 0.15) is 11.9 Å². The fourth-order valence-electron chi connectivity index (χ4n) is 2.94. The molecule has 0 saturated carbocycles. The fraction of sp³-hybridized carbons (Fsp3) is 0.273. The highest BCUT2D eigenvalue weighted by Crippen LogP contribution is 2.38. The highest BCUT2D eigenvalue weighted by molar-refractivity contribution is 9.10. The Morgan fingerprint density at radius 1 is 1.14 bits per heavy atom. The number of H-pyrrole nitrogens is 1. The second-order valence-corrected chi connectivity index (χ2v) is 7.26. The molecule has 0 fully saturated rings. The Kier molecular flexibility index (Phi) is 6.05. The van der Waals surface area contributed by atoms with Crippen molar-refractivity contribution in [3.8, 4) is 17.6 Å². The van der Waals surface area contributed by atoms with Crippen LogP contribution in [0.5, 0.6) is 11.5 Å². The predicted molar refractivity (Wildman–Crippen MR) is 116 cm³/mol. The van der Waals surface area contributed by atoms with Crippen LogP contribution in [0.3, 0.4) is 0 Å². The van der Waals surface area contributed by atoms with E-state index in [9.17, 15) is 5.26 Å². The molecule has 0 aliphatic carbocycles. The van der Waals surface area contributed by atoms with Gasteiger partial charge in [-0.1, -0.05) is 0 Å². The molecule has 0 atom stereocenters. The lowest BCUT2D eigenvalue weighted by atomic mass is 10.1. The van der Waals surface area contributed by atoms with Crippen molar-refractivity contribution in [1.29, 1.82) is 5.26 Å². The van der Waals surface area contributed by atoms with E-state index in [4.69, 9.17) is 9.47 Å². The number of nitrogens with zero attached hydrogens (tertiary/aromatic N) is 2. The minimum Gasteiger partial charge on any atom is -0.490 e. The van der Waals surface area contributed by atoms with Crippen molar-refractivity contribution in [1.82, 2.24) is 9.97 Å². The largest absolute Gasteiger partial charge is 0.490 e. The zero-order valence-electron chi connectivity index (χ0n) is 16.4. The van der Waals surface area contributed by atoms with Gasteiger partial charge in [-0.2, -0.15) is 5.26 Å². The molecule has 2 aromatic carbocycles. The third-order valence-electron chi connectivity index (χ3n) is 4.40. The van der Waals surface area contributed by atoms with Gasteiger partial charge in [-0.25, -0.2) is 4.98 Å². The number of nitrogens with one attached hydrogen (secondary N) is 1. The van der Waals surface area contributed by atoms with E-state index in [-0.39, 0.29) is 0 Å². The number of rotatable bonds is 6. The van der Waals surface area contributed by atoms with Crippen LogP contribution in [0.2, 0.25) is 0 Å². The number of fused-ring (bicyclic) bond motifs is 1. The molecule has 3 aromatic rings. The first-order valence-electron chi connectivity index (χ1n) is 9.15. The molecule has 0 unspecified atom stereocenters. The summed E-state index contributed by atoms with van der Waals surface area (Å²) >= 11 is 3.54. The summed E-state index contributed by atoms with van der Waals surface area (Å²) < 4.78 is 12.2. The Bertz CT molecular complexity index is 1050. The molecule has 0 amide bonds. The van der Waals surface area contributed by atoms with Crippen LogP contribution in [0, 0.1) is 25.2 Å². The number of hydrogen-bond acceptors (Lipinski definition) is 4. The maximum absolute atomic E-state index is 9.71. The number of aromatic amines is 1. The molecule has 0 radical (unpaired) electrons. The van der Waals surface area contributed by atoms with Crippen LogP contribution >= 0.6 is 15.9 Å². The van der Waals surface area contributed by atoms with Gasteiger partial charge in [-0.3, -0.25) is 0 Å². The first-order valence-corrected chi connectivity index (χ1v) is 9.94. The third kappa shape index (κ3) is 4.05. The van der Waals surface area contributed by atoms with Crippen molar-refractivity contribution in [3.05, 3.63) is 51.3 Å². The van der Waals surface area contributed by atoms with Crippen LogP contribution in [-0.4, -0.2) is 23.2 Å². The molecular weight excluding hydrogens is 418 g/mol. The average molecular weight is 440 g/mol. The van der Waals surface area contributed by atoms with E-state index in [1.165, 1.54) is 11.1 Å². The summed E-state index contributed by atoms with van der Waals surface area (Å²) in [5, 5.41) is 9.71.